The first-order chi connectivity index (χ1) is 10.3. The molecule has 0 atom stereocenters. The van der Waals surface area contributed by atoms with Gasteiger partial charge in [-0.2, -0.15) is 0 Å². The highest BCUT2D eigenvalue weighted by Gasteiger charge is 2.19. The molecule has 2 amide bonds. The van der Waals surface area contributed by atoms with Crippen molar-refractivity contribution in [3.05, 3.63) is 28.2 Å². The van der Waals surface area contributed by atoms with Gasteiger partial charge in [0.15, 0.2) is 0 Å². The number of carbonyl (C=O) groups is 2. The quantitative estimate of drug-likeness (QED) is 0.772. The molecule has 0 aliphatic rings. The van der Waals surface area contributed by atoms with Crippen LogP contribution in [0.1, 0.15) is 13.3 Å². The van der Waals surface area contributed by atoms with Gasteiger partial charge in [0.05, 0.1) is 15.7 Å². The highest BCUT2D eigenvalue weighted by atomic mass is 35.5. The van der Waals surface area contributed by atoms with Crippen LogP contribution in [-0.2, 0) is 9.59 Å². The van der Waals surface area contributed by atoms with Crippen LogP contribution in [0.3, 0.4) is 0 Å². The van der Waals surface area contributed by atoms with Crippen molar-refractivity contribution in [2.24, 2.45) is 0 Å². The number of hydrogen-bond acceptors (Lipinski definition) is 3. The Labute approximate surface area is 141 Å². The molecular formula is C15H21Cl2N3O2. The summed E-state index contributed by atoms with van der Waals surface area (Å²) in [5.41, 5.74) is 0.435. The maximum atomic E-state index is 12.0. The smallest absolute Gasteiger partial charge is 0.240 e. The third-order valence-electron chi connectivity index (χ3n) is 3.01. The van der Waals surface area contributed by atoms with Crippen molar-refractivity contribution in [3.63, 3.8) is 0 Å². The van der Waals surface area contributed by atoms with Gasteiger partial charge in [-0.3, -0.25) is 9.59 Å². The molecule has 0 aliphatic heterocycles. The lowest BCUT2D eigenvalue weighted by molar-refractivity contribution is -0.123. The van der Waals surface area contributed by atoms with E-state index in [4.69, 9.17) is 23.2 Å². The van der Waals surface area contributed by atoms with Crippen LogP contribution in [0, 0.1) is 0 Å². The maximum Gasteiger partial charge on any atom is 0.240 e. The van der Waals surface area contributed by atoms with E-state index in [1.807, 2.05) is 19.0 Å². The van der Waals surface area contributed by atoms with Crippen molar-refractivity contribution in [1.82, 2.24) is 10.2 Å². The molecule has 1 N–H and O–H groups in total. The van der Waals surface area contributed by atoms with Crippen molar-refractivity contribution >= 4 is 40.7 Å². The van der Waals surface area contributed by atoms with E-state index in [0.717, 1.165) is 13.0 Å². The summed E-state index contributed by atoms with van der Waals surface area (Å²) in [6.45, 7) is 2.75. The number of amides is 2. The number of anilines is 1. The molecular weight excluding hydrogens is 325 g/mol. The van der Waals surface area contributed by atoms with Crippen LogP contribution in [0.2, 0.25) is 10.0 Å². The van der Waals surface area contributed by atoms with E-state index in [1.54, 1.807) is 18.2 Å². The number of hydrogen-bond donors (Lipinski definition) is 1. The van der Waals surface area contributed by atoms with Gasteiger partial charge < -0.3 is 15.1 Å². The number of benzene rings is 1. The molecule has 1 aromatic rings. The number of halogens is 2. The lowest BCUT2D eigenvalue weighted by atomic mass is 10.2. The van der Waals surface area contributed by atoms with Crippen LogP contribution in [0.25, 0.3) is 0 Å². The van der Waals surface area contributed by atoms with Crippen LogP contribution in [-0.4, -0.2) is 50.4 Å². The number of carbonyl (C=O) groups excluding carboxylic acids is 2. The molecule has 0 aromatic heterocycles. The lowest BCUT2D eigenvalue weighted by Crippen LogP contribution is -2.40. The van der Waals surface area contributed by atoms with Crippen molar-refractivity contribution < 1.29 is 9.59 Å². The van der Waals surface area contributed by atoms with Gasteiger partial charge in [0.1, 0.15) is 6.54 Å². The third-order valence-corrected chi connectivity index (χ3v) is 3.82. The second kappa shape index (κ2) is 8.98. The fraction of sp³-hybridized carbons (Fsp3) is 0.467. The molecule has 1 rings (SSSR count). The fourth-order valence-corrected chi connectivity index (χ4v) is 2.29. The largest absolute Gasteiger partial charge is 0.355 e. The number of rotatable bonds is 7. The molecule has 0 saturated heterocycles. The second-order valence-electron chi connectivity index (χ2n) is 5.18. The summed E-state index contributed by atoms with van der Waals surface area (Å²) in [6, 6.07) is 4.98. The van der Waals surface area contributed by atoms with Crippen molar-refractivity contribution in [2.75, 3.05) is 38.6 Å². The van der Waals surface area contributed by atoms with Gasteiger partial charge in [0.25, 0.3) is 0 Å². The zero-order chi connectivity index (χ0) is 16.7. The minimum absolute atomic E-state index is 0.0860. The first kappa shape index (κ1) is 18.7. The summed E-state index contributed by atoms with van der Waals surface area (Å²) >= 11 is 12.1. The van der Waals surface area contributed by atoms with Crippen LogP contribution in [0.5, 0.6) is 0 Å². The van der Waals surface area contributed by atoms with Crippen LogP contribution in [0.15, 0.2) is 18.2 Å². The topological polar surface area (TPSA) is 52.7 Å². The van der Waals surface area contributed by atoms with Gasteiger partial charge >= 0.3 is 0 Å². The number of nitrogens with zero attached hydrogens (tertiary/aromatic N) is 2. The standard InChI is InChI=1S/C15H21Cl2N3O2/c1-11(21)20(13-7-4-6-12(16)15(13)17)10-14(22)18-8-5-9-19(2)3/h4,6-7H,5,8-10H2,1-3H3,(H,18,22). The Balaban J connectivity index is 2.67. The van der Waals surface area contributed by atoms with E-state index in [2.05, 4.69) is 5.32 Å². The molecule has 0 saturated carbocycles. The summed E-state index contributed by atoms with van der Waals surface area (Å²) in [5.74, 6) is -0.502. The van der Waals surface area contributed by atoms with Crippen molar-refractivity contribution in [1.29, 1.82) is 0 Å². The van der Waals surface area contributed by atoms with E-state index < -0.39 is 0 Å². The SMILES string of the molecule is CC(=O)N(CC(=O)NCCCN(C)C)c1cccc(Cl)c1Cl. The average Bonchev–Trinajstić information content (AvgIpc) is 2.44. The summed E-state index contributed by atoms with van der Waals surface area (Å²) < 4.78 is 0. The highest BCUT2D eigenvalue weighted by molar-refractivity contribution is 6.44. The highest BCUT2D eigenvalue weighted by Crippen LogP contribution is 2.32. The Kier molecular flexibility index (Phi) is 7.65. The third kappa shape index (κ3) is 5.83. The molecule has 7 heteroatoms. The molecule has 0 heterocycles. The van der Waals surface area contributed by atoms with Crippen molar-refractivity contribution in [2.45, 2.75) is 13.3 Å². The van der Waals surface area contributed by atoms with E-state index in [1.165, 1.54) is 11.8 Å². The van der Waals surface area contributed by atoms with Gasteiger partial charge in [-0.05, 0) is 39.2 Å². The van der Waals surface area contributed by atoms with Gasteiger partial charge in [-0.25, -0.2) is 0 Å². The summed E-state index contributed by atoms with van der Waals surface area (Å²) in [5, 5.41) is 3.40. The zero-order valence-electron chi connectivity index (χ0n) is 13.0. The number of nitrogens with one attached hydrogen (secondary N) is 1. The molecule has 0 aliphatic carbocycles. The second-order valence-corrected chi connectivity index (χ2v) is 5.97. The average molecular weight is 346 g/mol. The minimum atomic E-state index is -0.271. The summed E-state index contributed by atoms with van der Waals surface area (Å²) in [7, 11) is 3.95. The van der Waals surface area contributed by atoms with Gasteiger partial charge in [0, 0.05) is 13.5 Å². The van der Waals surface area contributed by atoms with Gasteiger partial charge in [-0.15, -0.1) is 0 Å². The minimum Gasteiger partial charge on any atom is -0.355 e. The normalized spacial score (nSPS) is 10.6. The molecule has 0 bridgehead atoms. The van der Waals surface area contributed by atoms with Crippen LogP contribution < -0.4 is 10.2 Å². The summed E-state index contributed by atoms with van der Waals surface area (Å²) in [4.78, 5) is 27.1. The Morgan fingerprint density at radius 3 is 2.50 bits per heavy atom. The van der Waals surface area contributed by atoms with E-state index in [9.17, 15) is 9.59 Å². The first-order valence-electron chi connectivity index (χ1n) is 6.96. The van der Waals surface area contributed by atoms with E-state index >= 15 is 0 Å². The predicted molar refractivity (Wildman–Crippen MR) is 90.7 cm³/mol. The molecule has 0 spiro atoms. The maximum absolute atomic E-state index is 12.0. The Bertz CT molecular complexity index is 536. The zero-order valence-corrected chi connectivity index (χ0v) is 14.5. The Hall–Kier alpha value is -1.30. The fourth-order valence-electron chi connectivity index (χ4n) is 1.89. The van der Waals surface area contributed by atoms with Gasteiger partial charge in [0.2, 0.25) is 11.8 Å². The molecule has 122 valence electrons. The van der Waals surface area contributed by atoms with E-state index in [-0.39, 0.29) is 23.4 Å². The first-order valence-corrected chi connectivity index (χ1v) is 7.72. The van der Waals surface area contributed by atoms with Gasteiger partial charge in [-0.1, -0.05) is 29.3 Å². The van der Waals surface area contributed by atoms with Crippen molar-refractivity contribution in [3.8, 4) is 0 Å². The summed E-state index contributed by atoms with van der Waals surface area (Å²) in [6.07, 6.45) is 0.844. The van der Waals surface area contributed by atoms with E-state index in [0.29, 0.717) is 17.3 Å². The molecule has 0 unspecified atom stereocenters. The molecule has 1 aromatic carbocycles. The molecule has 0 radical (unpaired) electrons. The predicted octanol–water partition coefficient (Wildman–Crippen LogP) is 2.41. The monoisotopic (exact) mass is 345 g/mol. The Morgan fingerprint density at radius 1 is 1.23 bits per heavy atom. The molecule has 22 heavy (non-hydrogen) atoms. The lowest BCUT2D eigenvalue weighted by Gasteiger charge is -2.22. The van der Waals surface area contributed by atoms with Crippen LogP contribution in [0.4, 0.5) is 5.69 Å². The molecule has 0 fully saturated rings. The molecule has 5 nitrogen and oxygen atoms in total. The van der Waals surface area contributed by atoms with Crippen LogP contribution >= 0.6 is 23.2 Å². The Morgan fingerprint density at radius 2 is 1.91 bits per heavy atom.